The Morgan fingerprint density at radius 1 is 1.21 bits per heavy atom. The molecule has 1 aromatic heterocycles. The van der Waals surface area contributed by atoms with Crippen molar-refractivity contribution in [1.82, 2.24) is 4.57 Å². The molecule has 0 N–H and O–H groups in total. The molecule has 3 rings (SSSR count). The smallest absolute Gasteiger partial charge is 0.252 e. The van der Waals surface area contributed by atoms with Gasteiger partial charge in [0.1, 0.15) is 0 Å². The molecule has 0 aliphatic rings. The molecule has 0 spiro atoms. The summed E-state index contributed by atoms with van der Waals surface area (Å²) < 4.78 is 2.95. The molecule has 1 amide bonds. The second kappa shape index (κ2) is 6.91. The van der Waals surface area contributed by atoms with Gasteiger partial charge in [0, 0.05) is 12.1 Å². The summed E-state index contributed by atoms with van der Waals surface area (Å²) in [7, 11) is 1.91. The van der Waals surface area contributed by atoms with Crippen molar-refractivity contribution in [3.63, 3.8) is 0 Å². The van der Waals surface area contributed by atoms with Crippen LogP contribution in [0.3, 0.4) is 0 Å². The molecule has 5 heteroatoms. The van der Waals surface area contributed by atoms with E-state index in [0.717, 1.165) is 15.8 Å². The first-order valence-electron chi connectivity index (χ1n) is 7.85. The summed E-state index contributed by atoms with van der Waals surface area (Å²) in [5.74, 6) is 0.351. The number of nitrogens with zero attached hydrogens (tertiary/aromatic N) is 2. The Labute approximate surface area is 150 Å². The quantitative estimate of drug-likeness (QED) is 0.669. The van der Waals surface area contributed by atoms with Crippen molar-refractivity contribution in [3.05, 3.63) is 63.4 Å². The van der Waals surface area contributed by atoms with Crippen LogP contribution in [0.25, 0.3) is 10.2 Å². The van der Waals surface area contributed by atoms with Gasteiger partial charge in [0.05, 0.1) is 16.6 Å². The molecule has 0 atom stereocenters. The molecular weight excluding hydrogens is 340 g/mol. The monoisotopic (exact) mass is 358 g/mol. The van der Waals surface area contributed by atoms with Crippen LogP contribution in [-0.4, -0.2) is 10.5 Å². The van der Waals surface area contributed by atoms with Crippen LogP contribution in [0.5, 0.6) is 0 Å². The van der Waals surface area contributed by atoms with Gasteiger partial charge in [0.15, 0.2) is 4.80 Å². The van der Waals surface area contributed by atoms with E-state index in [1.807, 2.05) is 41.9 Å². The summed E-state index contributed by atoms with van der Waals surface area (Å²) in [5.41, 5.74) is 3.29. The number of thiazole rings is 1. The molecule has 0 unspecified atom stereocenters. The van der Waals surface area contributed by atoms with Crippen molar-refractivity contribution >= 4 is 39.1 Å². The summed E-state index contributed by atoms with van der Waals surface area (Å²) in [6.07, 6.45) is 0.313. The minimum Gasteiger partial charge on any atom is -0.319 e. The van der Waals surface area contributed by atoms with Crippen molar-refractivity contribution in [2.45, 2.75) is 26.2 Å². The molecule has 0 aliphatic carbocycles. The van der Waals surface area contributed by atoms with E-state index < -0.39 is 0 Å². The number of carbonyl (C=O) groups is 1. The van der Waals surface area contributed by atoms with Gasteiger partial charge in [-0.1, -0.05) is 61.1 Å². The zero-order valence-corrected chi connectivity index (χ0v) is 15.5. The molecule has 24 heavy (non-hydrogen) atoms. The first-order chi connectivity index (χ1) is 11.4. The standard InChI is InChI=1S/C19H19ClN2OS/c1-12(2)14-6-4-13(5-7-14)10-18(23)21-19-22(3)16-9-8-15(20)11-17(16)24-19/h4-9,11-12H,10H2,1-3H3. The van der Waals surface area contributed by atoms with E-state index in [9.17, 15) is 4.79 Å². The van der Waals surface area contributed by atoms with Gasteiger partial charge in [-0.15, -0.1) is 0 Å². The number of rotatable bonds is 3. The van der Waals surface area contributed by atoms with Gasteiger partial charge in [0.2, 0.25) is 0 Å². The predicted molar refractivity (Wildman–Crippen MR) is 101 cm³/mol. The lowest BCUT2D eigenvalue weighted by Crippen LogP contribution is -2.14. The first kappa shape index (κ1) is 16.9. The molecular formula is C19H19ClN2OS. The Morgan fingerprint density at radius 3 is 2.58 bits per heavy atom. The molecule has 0 aliphatic heterocycles. The third-order valence-corrected chi connectivity index (χ3v) is 5.32. The first-order valence-corrected chi connectivity index (χ1v) is 9.05. The molecule has 124 valence electrons. The number of aromatic nitrogens is 1. The zero-order valence-electron chi connectivity index (χ0n) is 13.9. The Morgan fingerprint density at radius 2 is 1.92 bits per heavy atom. The van der Waals surface area contributed by atoms with Gasteiger partial charge in [0.25, 0.3) is 5.91 Å². The van der Waals surface area contributed by atoms with Crippen LogP contribution in [0.4, 0.5) is 0 Å². The maximum Gasteiger partial charge on any atom is 0.252 e. The van der Waals surface area contributed by atoms with Gasteiger partial charge >= 0.3 is 0 Å². The van der Waals surface area contributed by atoms with Crippen LogP contribution >= 0.6 is 22.9 Å². The van der Waals surface area contributed by atoms with Crippen LogP contribution in [0.15, 0.2) is 47.5 Å². The van der Waals surface area contributed by atoms with Gasteiger partial charge in [-0.05, 0) is 35.2 Å². The van der Waals surface area contributed by atoms with E-state index in [4.69, 9.17) is 11.6 Å². The Bertz CT molecular complexity index is 952. The number of amides is 1. The average Bonchev–Trinajstić information content (AvgIpc) is 2.83. The van der Waals surface area contributed by atoms with Crippen LogP contribution in [0, 0.1) is 0 Å². The number of fused-ring (bicyclic) bond motifs is 1. The van der Waals surface area contributed by atoms with Crippen LogP contribution in [0.2, 0.25) is 5.02 Å². The van der Waals surface area contributed by atoms with Crippen molar-refractivity contribution in [3.8, 4) is 0 Å². The van der Waals surface area contributed by atoms with E-state index in [0.29, 0.717) is 22.2 Å². The number of hydrogen-bond donors (Lipinski definition) is 0. The van der Waals surface area contributed by atoms with Gasteiger partial charge in [-0.3, -0.25) is 4.79 Å². The third-order valence-electron chi connectivity index (χ3n) is 3.99. The Hall–Kier alpha value is -1.91. The van der Waals surface area contributed by atoms with Crippen molar-refractivity contribution in [1.29, 1.82) is 0 Å². The highest BCUT2D eigenvalue weighted by molar-refractivity contribution is 7.16. The zero-order chi connectivity index (χ0) is 17.3. The minimum absolute atomic E-state index is 0.138. The highest BCUT2D eigenvalue weighted by Crippen LogP contribution is 2.21. The maximum atomic E-state index is 12.3. The minimum atomic E-state index is -0.138. The summed E-state index contributed by atoms with van der Waals surface area (Å²) in [5, 5.41) is 0.687. The third kappa shape index (κ3) is 3.60. The summed E-state index contributed by atoms with van der Waals surface area (Å²) in [6.45, 7) is 4.31. The average molecular weight is 359 g/mol. The van der Waals surface area contributed by atoms with E-state index >= 15 is 0 Å². The van der Waals surface area contributed by atoms with Gasteiger partial charge in [-0.2, -0.15) is 4.99 Å². The van der Waals surface area contributed by atoms with E-state index in [-0.39, 0.29) is 5.91 Å². The maximum absolute atomic E-state index is 12.3. The largest absolute Gasteiger partial charge is 0.319 e. The summed E-state index contributed by atoms with van der Waals surface area (Å²) >= 11 is 7.50. The van der Waals surface area contributed by atoms with Gasteiger partial charge < -0.3 is 4.57 Å². The van der Waals surface area contributed by atoms with E-state index in [1.54, 1.807) is 0 Å². The van der Waals surface area contributed by atoms with Crippen LogP contribution in [-0.2, 0) is 18.3 Å². The molecule has 0 fully saturated rings. The lowest BCUT2D eigenvalue weighted by Gasteiger charge is -2.05. The summed E-state index contributed by atoms with van der Waals surface area (Å²) in [6, 6.07) is 13.9. The molecule has 0 bridgehead atoms. The number of aryl methyl sites for hydroxylation is 1. The van der Waals surface area contributed by atoms with E-state index in [2.05, 4.69) is 31.0 Å². The van der Waals surface area contributed by atoms with Gasteiger partial charge in [-0.25, -0.2) is 0 Å². The van der Waals surface area contributed by atoms with Crippen LogP contribution in [0.1, 0.15) is 30.9 Å². The number of halogens is 1. The molecule has 2 aromatic carbocycles. The number of benzene rings is 2. The molecule has 1 heterocycles. The van der Waals surface area contributed by atoms with E-state index in [1.165, 1.54) is 16.9 Å². The normalized spacial score (nSPS) is 12.3. The second-order valence-electron chi connectivity index (χ2n) is 6.13. The Kier molecular flexibility index (Phi) is 4.88. The fraction of sp³-hybridized carbons (Fsp3) is 0.263. The topological polar surface area (TPSA) is 34.4 Å². The fourth-order valence-electron chi connectivity index (χ4n) is 2.56. The number of hydrogen-bond acceptors (Lipinski definition) is 2. The lowest BCUT2D eigenvalue weighted by atomic mass is 10.0. The summed E-state index contributed by atoms with van der Waals surface area (Å²) in [4.78, 5) is 17.3. The molecule has 3 aromatic rings. The molecule has 0 radical (unpaired) electrons. The SMILES string of the molecule is CC(C)c1ccc(CC(=O)N=c2sc3cc(Cl)ccc3n2C)cc1. The van der Waals surface area contributed by atoms with Crippen molar-refractivity contribution in [2.75, 3.05) is 0 Å². The highest BCUT2D eigenvalue weighted by atomic mass is 35.5. The predicted octanol–water partition coefficient (Wildman–Crippen LogP) is 4.69. The molecule has 0 saturated carbocycles. The van der Waals surface area contributed by atoms with Crippen molar-refractivity contribution < 1.29 is 4.79 Å². The number of carbonyl (C=O) groups excluding carboxylic acids is 1. The second-order valence-corrected chi connectivity index (χ2v) is 7.58. The van der Waals surface area contributed by atoms with Crippen LogP contribution < -0.4 is 4.80 Å². The Balaban J connectivity index is 1.85. The molecule has 0 saturated heterocycles. The van der Waals surface area contributed by atoms with Crippen molar-refractivity contribution in [2.24, 2.45) is 12.0 Å². The lowest BCUT2D eigenvalue weighted by molar-refractivity contribution is -0.117. The fourth-order valence-corrected chi connectivity index (χ4v) is 3.87. The highest BCUT2D eigenvalue weighted by Gasteiger charge is 2.07. The molecule has 3 nitrogen and oxygen atoms in total.